The fourth-order valence-electron chi connectivity index (χ4n) is 4.19. The van der Waals surface area contributed by atoms with Gasteiger partial charge < -0.3 is 5.32 Å². The Morgan fingerprint density at radius 3 is 2.48 bits per heavy atom. The van der Waals surface area contributed by atoms with E-state index in [2.05, 4.69) is 49.5 Å². The van der Waals surface area contributed by atoms with E-state index in [1.807, 2.05) is 47.0 Å². The third kappa shape index (κ3) is 3.31. The molecule has 0 spiro atoms. The number of aryl methyl sites for hydroxylation is 2. The zero-order valence-electron chi connectivity index (χ0n) is 16.6. The number of hydrogen-bond acceptors (Lipinski definition) is 2. The van der Waals surface area contributed by atoms with E-state index in [-0.39, 0.29) is 11.8 Å². The first kappa shape index (κ1) is 17.7. The van der Waals surface area contributed by atoms with Crippen LogP contribution in [0.5, 0.6) is 0 Å². The number of nitrogens with zero attached hydrogens (tertiary/aromatic N) is 2. The number of aromatic nitrogens is 2. The average molecular weight is 381 g/mol. The van der Waals surface area contributed by atoms with Crippen molar-refractivity contribution < 1.29 is 4.79 Å². The molecule has 1 saturated carbocycles. The maximum Gasteiger partial charge on any atom is 0.229 e. The Bertz CT molecular complexity index is 1190. The summed E-state index contributed by atoms with van der Waals surface area (Å²) in [5.74, 6) is 1.13. The Balaban J connectivity index is 1.50. The number of nitrogens with one attached hydrogen (secondary N) is 1. The van der Waals surface area contributed by atoms with E-state index in [9.17, 15) is 4.79 Å². The van der Waals surface area contributed by atoms with Crippen LogP contribution in [0.4, 0.5) is 5.82 Å². The van der Waals surface area contributed by atoms with E-state index in [0.717, 1.165) is 29.1 Å². The quantitative estimate of drug-likeness (QED) is 0.517. The van der Waals surface area contributed by atoms with Crippen molar-refractivity contribution in [2.24, 2.45) is 5.92 Å². The van der Waals surface area contributed by atoms with Crippen LogP contribution in [0, 0.1) is 19.8 Å². The van der Waals surface area contributed by atoms with E-state index >= 15 is 0 Å². The van der Waals surface area contributed by atoms with Crippen LogP contribution >= 0.6 is 0 Å². The SMILES string of the molecule is Cc1cc(C)cc(-c2nc3ccccn3c2NC(=O)[C@H]2C[C@H]2c2ccccc2)c1. The van der Waals surface area contributed by atoms with E-state index in [4.69, 9.17) is 4.98 Å². The maximum absolute atomic E-state index is 13.1. The first-order chi connectivity index (χ1) is 14.1. The molecule has 0 aliphatic heterocycles. The van der Waals surface area contributed by atoms with Crippen LogP contribution in [0.15, 0.2) is 72.9 Å². The van der Waals surface area contributed by atoms with Crippen LogP contribution < -0.4 is 5.32 Å². The lowest BCUT2D eigenvalue weighted by Gasteiger charge is -2.09. The smallest absolute Gasteiger partial charge is 0.229 e. The Morgan fingerprint density at radius 2 is 1.72 bits per heavy atom. The van der Waals surface area contributed by atoms with Gasteiger partial charge in [-0.05, 0) is 56.0 Å². The molecule has 4 aromatic rings. The third-order valence-electron chi connectivity index (χ3n) is 5.62. The van der Waals surface area contributed by atoms with E-state index in [1.165, 1.54) is 16.7 Å². The molecular weight excluding hydrogens is 358 g/mol. The summed E-state index contributed by atoms with van der Waals surface area (Å²) in [6.45, 7) is 4.17. The fraction of sp³-hybridized carbons (Fsp3) is 0.200. The number of rotatable bonds is 4. The van der Waals surface area contributed by atoms with E-state index in [1.54, 1.807) is 0 Å². The summed E-state index contributed by atoms with van der Waals surface area (Å²) in [7, 11) is 0. The second-order valence-electron chi connectivity index (χ2n) is 7.96. The van der Waals surface area contributed by atoms with E-state index in [0.29, 0.717) is 5.92 Å². The molecule has 0 saturated heterocycles. The molecule has 2 aromatic heterocycles. The summed E-state index contributed by atoms with van der Waals surface area (Å²) in [6, 6.07) is 22.6. The Kier molecular flexibility index (Phi) is 4.20. The van der Waals surface area contributed by atoms with Crippen LogP contribution in [0.2, 0.25) is 0 Å². The number of fused-ring (bicyclic) bond motifs is 1. The number of imidazole rings is 1. The fourth-order valence-corrected chi connectivity index (χ4v) is 4.19. The van der Waals surface area contributed by atoms with Crippen molar-refractivity contribution in [2.45, 2.75) is 26.2 Å². The van der Waals surface area contributed by atoms with Crippen molar-refractivity contribution in [1.29, 1.82) is 0 Å². The molecule has 1 aliphatic carbocycles. The molecule has 0 bridgehead atoms. The molecule has 2 heterocycles. The topological polar surface area (TPSA) is 46.4 Å². The van der Waals surface area contributed by atoms with Crippen LogP contribution in [-0.2, 0) is 4.79 Å². The van der Waals surface area contributed by atoms with Gasteiger partial charge in [0.1, 0.15) is 17.2 Å². The third-order valence-corrected chi connectivity index (χ3v) is 5.62. The second-order valence-corrected chi connectivity index (χ2v) is 7.96. The highest BCUT2D eigenvalue weighted by Gasteiger charge is 2.44. The monoisotopic (exact) mass is 381 g/mol. The van der Waals surface area contributed by atoms with Gasteiger partial charge in [0.25, 0.3) is 0 Å². The summed E-state index contributed by atoms with van der Waals surface area (Å²) in [6.07, 6.45) is 2.84. The predicted octanol–water partition coefficient (Wildman–Crippen LogP) is 5.36. The van der Waals surface area contributed by atoms with Gasteiger partial charge in [-0.2, -0.15) is 0 Å². The van der Waals surface area contributed by atoms with Gasteiger partial charge >= 0.3 is 0 Å². The molecule has 5 rings (SSSR count). The van der Waals surface area contributed by atoms with Crippen molar-refractivity contribution in [2.75, 3.05) is 5.32 Å². The minimum atomic E-state index is 0.0127. The van der Waals surface area contributed by atoms with Crippen LogP contribution in [0.1, 0.15) is 29.0 Å². The first-order valence-electron chi connectivity index (χ1n) is 10.0. The van der Waals surface area contributed by atoms with Gasteiger partial charge in [0, 0.05) is 17.7 Å². The average Bonchev–Trinajstić information content (AvgIpc) is 3.44. The van der Waals surface area contributed by atoms with Gasteiger partial charge in [0.05, 0.1) is 0 Å². The Morgan fingerprint density at radius 1 is 1.00 bits per heavy atom. The first-order valence-corrected chi connectivity index (χ1v) is 10.0. The molecule has 0 unspecified atom stereocenters. The highest BCUT2D eigenvalue weighted by molar-refractivity contribution is 5.98. The van der Waals surface area contributed by atoms with Gasteiger partial charge in [-0.15, -0.1) is 0 Å². The summed E-state index contributed by atoms with van der Waals surface area (Å²) in [5, 5.41) is 3.19. The largest absolute Gasteiger partial charge is 0.310 e. The van der Waals surface area contributed by atoms with Crippen LogP contribution in [-0.4, -0.2) is 15.3 Å². The van der Waals surface area contributed by atoms with Gasteiger partial charge in [0.15, 0.2) is 0 Å². The number of benzene rings is 2. The van der Waals surface area contributed by atoms with Gasteiger partial charge in [-0.25, -0.2) is 4.98 Å². The summed E-state index contributed by atoms with van der Waals surface area (Å²) in [5.41, 5.74) is 6.26. The number of anilines is 1. The maximum atomic E-state index is 13.1. The normalized spacial score (nSPS) is 18.0. The van der Waals surface area contributed by atoms with Crippen molar-refractivity contribution in [3.63, 3.8) is 0 Å². The van der Waals surface area contributed by atoms with Crippen molar-refractivity contribution in [3.05, 3.63) is 89.6 Å². The standard InChI is InChI=1S/C25H23N3O/c1-16-12-17(2)14-19(13-16)23-24(28-11-7-6-10-22(28)26-23)27-25(29)21-15-20(21)18-8-4-3-5-9-18/h3-14,20-21H,15H2,1-2H3,(H,27,29)/t20-,21-/m0/s1. The molecular formula is C25H23N3O. The number of carbonyl (C=O) groups excluding carboxylic acids is 1. The highest BCUT2D eigenvalue weighted by Crippen LogP contribution is 2.48. The van der Waals surface area contributed by atoms with Crippen LogP contribution in [0.3, 0.4) is 0 Å². The zero-order chi connectivity index (χ0) is 20.0. The number of hydrogen-bond donors (Lipinski definition) is 1. The molecule has 2 aromatic carbocycles. The lowest BCUT2D eigenvalue weighted by molar-refractivity contribution is -0.117. The lowest BCUT2D eigenvalue weighted by atomic mass is 10.0. The summed E-state index contributed by atoms with van der Waals surface area (Å²) >= 11 is 0. The molecule has 144 valence electrons. The lowest BCUT2D eigenvalue weighted by Crippen LogP contribution is -2.16. The highest BCUT2D eigenvalue weighted by atomic mass is 16.2. The number of carbonyl (C=O) groups is 1. The Hall–Kier alpha value is -3.40. The molecule has 4 nitrogen and oxygen atoms in total. The molecule has 1 fully saturated rings. The van der Waals surface area contributed by atoms with Gasteiger partial charge in [-0.3, -0.25) is 9.20 Å². The molecule has 2 atom stereocenters. The molecule has 1 N–H and O–H groups in total. The zero-order valence-corrected chi connectivity index (χ0v) is 16.6. The van der Waals surface area contributed by atoms with Crippen LogP contribution in [0.25, 0.3) is 16.9 Å². The van der Waals surface area contributed by atoms with Crippen molar-refractivity contribution in [1.82, 2.24) is 9.38 Å². The molecule has 29 heavy (non-hydrogen) atoms. The molecule has 1 amide bonds. The molecule has 4 heteroatoms. The predicted molar refractivity (Wildman–Crippen MR) is 116 cm³/mol. The minimum Gasteiger partial charge on any atom is -0.310 e. The van der Waals surface area contributed by atoms with Crippen molar-refractivity contribution in [3.8, 4) is 11.3 Å². The second kappa shape index (κ2) is 6.89. The van der Waals surface area contributed by atoms with Gasteiger partial charge in [0.2, 0.25) is 5.91 Å². The van der Waals surface area contributed by atoms with Crippen molar-refractivity contribution >= 4 is 17.4 Å². The van der Waals surface area contributed by atoms with E-state index < -0.39 is 0 Å². The summed E-state index contributed by atoms with van der Waals surface area (Å²) < 4.78 is 1.96. The molecule has 0 radical (unpaired) electrons. The van der Waals surface area contributed by atoms with Gasteiger partial charge in [-0.1, -0.05) is 53.6 Å². The summed E-state index contributed by atoms with van der Waals surface area (Å²) in [4.78, 5) is 17.9. The number of pyridine rings is 1. The Labute approximate surface area is 170 Å². The number of amides is 1. The molecule has 1 aliphatic rings. The minimum absolute atomic E-state index is 0.0127.